The van der Waals surface area contributed by atoms with Crippen LogP contribution in [0.4, 0.5) is 11.4 Å². The SMILES string of the molecule is Cc1cc2c(NCC3CCCC3C)ccc(N)c2cn1. The van der Waals surface area contributed by atoms with Crippen molar-refractivity contribution in [2.45, 2.75) is 33.1 Å². The smallest absolute Gasteiger partial charge is 0.0422 e. The van der Waals surface area contributed by atoms with Crippen molar-refractivity contribution < 1.29 is 0 Å². The van der Waals surface area contributed by atoms with Gasteiger partial charge in [0.15, 0.2) is 0 Å². The van der Waals surface area contributed by atoms with E-state index in [9.17, 15) is 0 Å². The average molecular weight is 269 g/mol. The summed E-state index contributed by atoms with van der Waals surface area (Å²) in [5.74, 6) is 1.64. The molecule has 20 heavy (non-hydrogen) atoms. The summed E-state index contributed by atoms with van der Waals surface area (Å²) in [6, 6.07) is 6.18. The van der Waals surface area contributed by atoms with E-state index in [1.165, 1.54) is 30.3 Å². The van der Waals surface area contributed by atoms with Gasteiger partial charge in [0, 0.05) is 40.6 Å². The fourth-order valence-corrected chi connectivity index (χ4v) is 3.29. The second kappa shape index (κ2) is 5.31. The molecular weight excluding hydrogens is 246 g/mol. The summed E-state index contributed by atoms with van der Waals surface area (Å²) in [6.07, 6.45) is 5.97. The molecule has 3 heteroatoms. The van der Waals surface area contributed by atoms with Gasteiger partial charge in [0.1, 0.15) is 0 Å². The number of aryl methyl sites for hydroxylation is 1. The van der Waals surface area contributed by atoms with E-state index in [-0.39, 0.29) is 0 Å². The molecule has 1 aliphatic rings. The third-order valence-electron chi connectivity index (χ3n) is 4.67. The Kier molecular flexibility index (Phi) is 3.51. The Balaban J connectivity index is 1.87. The van der Waals surface area contributed by atoms with Gasteiger partial charge in [0.2, 0.25) is 0 Å². The van der Waals surface area contributed by atoms with Crippen molar-refractivity contribution in [2.75, 3.05) is 17.6 Å². The summed E-state index contributed by atoms with van der Waals surface area (Å²) >= 11 is 0. The Bertz CT molecular complexity index is 621. The molecule has 1 saturated carbocycles. The lowest BCUT2D eigenvalue weighted by molar-refractivity contribution is 0.440. The first-order valence-corrected chi connectivity index (χ1v) is 7.54. The van der Waals surface area contributed by atoms with E-state index in [0.717, 1.165) is 35.1 Å². The highest BCUT2D eigenvalue weighted by atomic mass is 14.9. The number of nitrogen functional groups attached to an aromatic ring is 1. The first-order valence-electron chi connectivity index (χ1n) is 7.54. The second-order valence-electron chi connectivity index (χ2n) is 6.12. The number of nitrogens with zero attached hydrogens (tertiary/aromatic N) is 1. The fourth-order valence-electron chi connectivity index (χ4n) is 3.29. The van der Waals surface area contributed by atoms with E-state index in [1.54, 1.807) is 0 Å². The summed E-state index contributed by atoms with van der Waals surface area (Å²) in [5, 5.41) is 5.86. The molecule has 1 heterocycles. The van der Waals surface area contributed by atoms with Crippen LogP contribution >= 0.6 is 0 Å². The first kappa shape index (κ1) is 13.2. The topological polar surface area (TPSA) is 50.9 Å². The van der Waals surface area contributed by atoms with Crippen molar-refractivity contribution in [1.82, 2.24) is 4.98 Å². The quantitative estimate of drug-likeness (QED) is 0.829. The Morgan fingerprint density at radius 2 is 2.15 bits per heavy atom. The van der Waals surface area contributed by atoms with Crippen LogP contribution < -0.4 is 11.1 Å². The normalized spacial score (nSPS) is 22.3. The number of anilines is 2. The van der Waals surface area contributed by atoms with Crippen molar-refractivity contribution in [1.29, 1.82) is 0 Å². The zero-order valence-electron chi connectivity index (χ0n) is 12.3. The van der Waals surface area contributed by atoms with Crippen LogP contribution in [-0.2, 0) is 0 Å². The summed E-state index contributed by atoms with van der Waals surface area (Å²) in [5.41, 5.74) is 9.05. The van der Waals surface area contributed by atoms with Crippen LogP contribution in [0, 0.1) is 18.8 Å². The number of rotatable bonds is 3. The number of nitrogens with two attached hydrogens (primary N) is 1. The summed E-state index contributed by atoms with van der Waals surface area (Å²) in [6.45, 7) is 5.45. The summed E-state index contributed by atoms with van der Waals surface area (Å²) in [4.78, 5) is 4.35. The van der Waals surface area contributed by atoms with Crippen LogP contribution in [-0.4, -0.2) is 11.5 Å². The molecule has 0 spiro atoms. The Morgan fingerprint density at radius 1 is 1.30 bits per heavy atom. The number of fused-ring (bicyclic) bond motifs is 1. The van der Waals surface area contributed by atoms with E-state index >= 15 is 0 Å². The van der Waals surface area contributed by atoms with Crippen molar-refractivity contribution in [3.63, 3.8) is 0 Å². The van der Waals surface area contributed by atoms with Crippen LogP contribution in [0.1, 0.15) is 31.9 Å². The molecule has 1 aromatic carbocycles. The van der Waals surface area contributed by atoms with Crippen LogP contribution in [0.5, 0.6) is 0 Å². The van der Waals surface area contributed by atoms with Crippen molar-refractivity contribution in [2.24, 2.45) is 11.8 Å². The molecule has 1 aromatic heterocycles. The minimum Gasteiger partial charge on any atom is -0.398 e. The molecule has 3 rings (SSSR count). The maximum absolute atomic E-state index is 6.05. The van der Waals surface area contributed by atoms with Crippen LogP contribution in [0.15, 0.2) is 24.4 Å². The highest BCUT2D eigenvalue weighted by Gasteiger charge is 2.23. The Labute approximate surface area is 120 Å². The lowest BCUT2D eigenvalue weighted by atomic mass is 9.98. The van der Waals surface area contributed by atoms with Gasteiger partial charge in [0.05, 0.1) is 0 Å². The van der Waals surface area contributed by atoms with Gasteiger partial charge in [0.25, 0.3) is 0 Å². The van der Waals surface area contributed by atoms with Gasteiger partial charge in [-0.1, -0.05) is 19.8 Å². The lowest BCUT2D eigenvalue weighted by Crippen LogP contribution is -2.16. The van der Waals surface area contributed by atoms with E-state index < -0.39 is 0 Å². The number of hydrogen-bond acceptors (Lipinski definition) is 3. The molecule has 0 bridgehead atoms. The molecule has 2 atom stereocenters. The van der Waals surface area contributed by atoms with Gasteiger partial charge in [-0.05, 0) is 43.4 Å². The van der Waals surface area contributed by atoms with Crippen LogP contribution in [0.2, 0.25) is 0 Å². The van der Waals surface area contributed by atoms with Gasteiger partial charge >= 0.3 is 0 Å². The molecule has 106 valence electrons. The van der Waals surface area contributed by atoms with Crippen LogP contribution in [0.25, 0.3) is 10.8 Å². The largest absolute Gasteiger partial charge is 0.398 e. The van der Waals surface area contributed by atoms with Gasteiger partial charge in [-0.25, -0.2) is 0 Å². The maximum Gasteiger partial charge on any atom is 0.0422 e. The predicted octanol–water partition coefficient (Wildman–Crippen LogP) is 3.97. The van der Waals surface area contributed by atoms with Crippen molar-refractivity contribution in [3.8, 4) is 0 Å². The zero-order valence-corrected chi connectivity index (χ0v) is 12.3. The highest BCUT2D eigenvalue weighted by molar-refractivity contribution is 6.00. The number of hydrogen-bond donors (Lipinski definition) is 2. The Morgan fingerprint density at radius 3 is 2.90 bits per heavy atom. The molecule has 0 amide bonds. The van der Waals surface area contributed by atoms with Gasteiger partial charge in [-0.2, -0.15) is 0 Å². The van der Waals surface area contributed by atoms with Gasteiger partial charge in [-0.15, -0.1) is 0 Å². The number of pyridine rings is 1. The van der Waals surface area contributed by atoms with E-state index in [4.69, 9.17) is 5.73 Å². The molecule has 3 nitrogen and oxygen atoms in total. The molecule has 0 saturated heterocycles. The Hall–Kier alpha value is -1.77. The minimum absolute atomic E-state index is 0.797. The minimum atomic E-state index is 0.797. The lowest BCUT2D eigenvalue weighted by Gasteiger charge is -2.18. The highest BCUT2D eigenvalue weighted by Crippen LogP contribution is 2.33. The number of benzene rings is 1. The first-order chi connectivity index (χ1) is 9.65. The van der Waals surface area contributed by atoms with Gasteiger partial charge in [-0.3, -0.25) is 4.98 Å². The van der Waals surface area contributed by atoms with Crippen molar-refractivity contribution >= 4 is 22.1 Å². The van der Waals surface area contributed by atoms with E-state index in [0.29, 0.717) is 0 Å². The van der Waals surface area contributed by atoms with Crippen molar-refractivity contribution in [3.05, 3.63) is 30.1 Å². The van der Waals surface area contributed by atoms with Gasteiger partial charge < -0.3 is 11.1 Å². The third-order valence-corrected chi connectivity index (χ3v) is 4.67. The molecule has 2 aromatic rings. The molecule has 0 aliphatic heterocycles. The van der Waals surface area contributed by atoms with E-state index in [1.807, 2.05) is 19.2 Å². The molecular formula is C17H23N3. The molecule has 3 N–H and O–H groups in total. The maximum atomic E-state index is 6.05. The second-order valence-corrected chi connectivity index (χ2v) is 6.12. The number of aromatic nitrogens is 1. The monoisotopic (exact) mass is 269 g/mol. The summed E-state index contributed by atoms with van der Waals surface area (Å²) < 4.78 is 0. The molecule has 1 fully saturated rings. The third kappa shape index (κ3) is 2.45. The van der Waals surface area contributed by atoms with Crippen LogP contribution in [0.3, 0.4) is 0 Å². The predicted molar refractivity (Wildman–Crippen MR) is 85.9 cm³/mol. The zero-order chi connectivity index (χ0) is 14.1. The molecule has 1 aliphatic carbocycles. The summed E-state index contributed by atoms with van der Waals surface area (Å²) in [7, 11) is 0. The average Bonchev–Trinajstić information content (AvgIpc) is 2.83. The van der Waals surface area contributed by atoms with E-state index in [2.05, 4.69) is 29.4 Å². The number of nitrogens with one attached hydrogen (secondary N) is 1. The molecule has 2 unspecified atom stereocenters. The standard InChI is InChI=1S/C17H23N3/c1-11-4-3-5-13(11)9-20-17-7-6-16(18)15-10-19-12(2)8-14(15)17/h6-8,10-11,13,20H,3-5,9,18H2,1-2H3. The molecule has 0 radical (unpaired) electrons. The fraction of sp³-hybridized carbons (Fsp3) is 0.471.